The number of hydrogen-bond acceptors (Lipinski definition) is 5. The fraction of sp³-hybridized carbons (Fsp3) is 0.478. The first-order valence-electron chi connectivity index (χ1n) is 10.9. The van der Waals surface area contributed by atoms with E-state index in [4.69, 9.17) is 23.2 Å². The maximum Gasteiger partial charge on any atom is 0.258 e. The van der Waals surface area contributed by atoms with E-state index < -0.39 is 10.8 Å². The third-order valence-corrected chi connectivity index (χ3v) is 8.31. The molecule has 0 atom stereocenters. The van der Waals surface area contributed by atoms with Gasteiger partial charge in [-0.2, -0.15) is 0 Å². The second-order valence-corrected chi connectivity index (χ2v) is 11.0. The third kappa shape index (κ3) is 5.63. The predicted octanol–water partition coefficient (Wildman–Crippen LogP) is 4.45. The first-order valence-corrected chi connectivity index (χ1v) is 13.2. The van der Waals surface area contributed by atoms with Crippen LogP contribution in [0.2, 0.25) is 10.0 Å². The number of pyridine rings is 1. The summed E-state index contributed by atoms with van der Waals surface area (Å²) in [5.74, 6) is 1.85. The number of aromatic nitrogens is 1. The van der Waals surface area contributed by atoms with Crippen molar-refractivity contribution in [3.05, 3.63) is 52.1 Å². The van der Waals surface area contributed by atoms with Gasteiger partial charge in [-0.25, -0.2) is 4.98 Å². The molecule has 0 spiro atoms. The predicted molar refractivity (Wildman–Crippen MR) is 133 cm³/mol. The summed E-state index contributed by atoms with van der Waals surface area (Å²) in [5, 5.41) is 3.87. The van der Waals surface area contributed by atoms with Gasteiger partial charge >= 0.3 is 0 Å². The normalized spacial score (nSPS) is 22.5. The molecule has 2 aliphatic rings. The molecule has 0 bridgehead atoms. The van der Waals surface area contributed by atoms with E-state index in [1.54, 1.807) is 18.2 Å². The number of hydrogen-bond donors (Lipinski definition) is 1. The molecule has 1 N–H and O–H groups in total. The van der Waals surface area contributed by atoms with Gasteiger partial charge in [-0.15, -0.1) is 0 Å². The van der Waals surface area contributed by atoms with Gasteiger partial charge in [0.25, 0.3) is 5.91 Å². The summed E-state index contributed by atoms with van der Waals surface area (Å²) >= 11 is 12.1. The van der Waals surface area contributed by atoms with Crippen molar-refractivity contribution >= 4 is 51.4 Å². The molecule has 3 heterocycles. The van der Waals surface area contributed by atoms with Crippen molar-refractivity contribution in [2.45, 2.75) is 37.8 Å². The molecular formula is C23H28Cl2N4O2S. The number of amides is 1. The molecular weight excluding hydrogens is 467 g/mol. The Bertz CT molecular complexity index is 970. The fourth-order valence-corrected chi connectivity index (χ4v) is 6.17. The summed E-state index contributed by atoms with van der Waals surface area (Å²) in [5.41, 5.74) is 1.38. The van der Waals surface area contributed by atoms with Crippen molar-refractivity contribution in [3.63, 3.8) is 0 Å². The van der Waals surface area contributed by atoms with Crippen LogP contribution in [-0.4, -0.2) is 63.7 Å². The fourth-order valence-electron chi connectivity index (χ4n) is 4.61. The molecule has 9 heteroatoms. The first-order chi connectivity index (χ1) is 15.4. The molecule has 2 aliphatic heterocycles. The number of halogens is 2. The largest absolute Gasteiger partial charge is 0.371 e. The lowest BCUT2D eigenvalue weighted by Gasteiger charge is -2.42. The molecule has 32 heavy (non-hydrogen) atoms. The van der Waals surface area contributed by atoms with Gasteiger partial charge in [-0.05, 0) is 56.0 Å². The minimum absolute atomic E-state index is 0.253. The van der Waals surface area contributed by atoms with Gasteiger partial charge in [0.05, 0.1) is 10.6 Å². The Labute approximate surface area is 201 Å². The maximum atomic E-state index is 13.0. The molecule has 1 aromatic carbocycles. The average molecular weight is 495 g/mol. The van der Waals surface area contributed by atoms with Crippen LogP contribution >= 0.6 is 23.2 Å². The van der Waals surface area contributed by atoms with Crippen LogP contribution < -0.4 is 10.2 Å². The lowest BCUT2D eigenvalue weighted by atomic mass is 9.98. The highest BCUT2D eigenvalue weighted by Gasteiger charge is 2.30. The molecule has 4 rings (SSSR count). The number of piperidine rings is 1. The number of rotatable bonds is 5. The molecule has 1 aromatic heterocycles. The molecule has 0 aliphatic carbocycles. The molecule has 0 radical (unpaired) electrons. The molecule has 2 saturated heterocycles. The number of nitrogens with one attached hydrogen (secondary N) is 1. The third-order valence-electron chi connectivity index (χ3n) is 6.47. The van der Waals surface area contributed by atoms with E-state index in [2.05, 4.69) is 20.1 Å². The van der Waals surface area contributed by atoms with Crippen molar-refractivity contribution in [3.8, 4) is 0 Å². The Morgan fingerprint density at radius 3 is 2.44 bits per heavy atom. The second kappa shape index (κ2) is 10.5. The van der Waals surface area contributed by atoms with Gasteiger partial charge in [0.2, 0.25) is 0 Å². The quantitative estimate of drug-likeness (QED) is 0.664. The van der Waals surface area contributed by atoms with Crippen molar-refractivity contribution in [2.75, 3.05) is 41.9 Å². The van der Waals surface area contributed by atoms with Gasteiger partial charge in [0.1, 0.15) is 5.82 Å². The van der Waals surface area contributed by atoms with Crippen molar-refractivity contribution in [2.24, 2.45) is 0 Å². The zero-order valence-electron chi connectivity index (χ0n) is 18.1. The van der Waals surface area contributed by atoms with Crippen molar-refractivity contribution in [1.29, 1.82) is 0 Å². The van der Waals surface area contributed by atoms with Crippen LogP contribution in [0, 0.1) is 0 Å². The van der Waals surface area contributed by atoms with Crippen LogP contribution in [0.1, 0.15) is 36.0 Å². The number of likely N-dealkylation sites (tertiary alicyclic amines) is 1. The van der Waals surface area contributed by atoms with Crippen LogP contribution in [-0.2, 0) is 10.8 Å². The van der Waals surface area contributed by atoms with Crippen LogP contribution in [0.25, 0.3) is 0 Å². The summed E-state index contributed by atoms with van der Waals surface area (Å²) in [7, 11) is 1.42. The molecule has 6 nitrogen and oxygen atoms in total. The van der Waals surface area contributed by atoms with Crippen LogP contribution in [0.3, 0.4) is 0 Å². The molecule has 2 aromatic rings. The summed E-state index contributed by atoms with van der Waals surface area (Å²) in [6.45, 7) is 2.05. The zero-order valence-corrected chi connectivity index (χ0v) is 20.4. The summed E-state index contributed by atoms with van der Waals surface area (Å²) in [6, 6.07) is 9.69. The van der Waals surface area contributed by atoms with Gasteiger partial charge in [-0.3, -0.25) is 9.00 Å². The average Bonchev–Trinajstić information content (AvgIpc) is 2.81. The SMILES string of the molecule is CN(c1ccc(Cl)cc1C(=O)Nc1ccc(Cl)cn1)C1CCN(C2CCS(=O)CC2)CC1. The van der Waals surface area contributed by atoms with Crippen LogP contribution in [0.15, 0.2) is 36.5 Å². The lowest BCUT2D eigenvalue weighted by molar-refractivity contribution is 0.102. The lowest BCUT2D eigenvalue weighted by Crippen LogP contribution is -2.49. The second-order valence-electron chi connectivity index (χ2n) is 8.43. The standard InChI is InChI=1S/C23H28Cl2N4O2S/c1-28(18-6-10-29(11-7-18)19-8-12-32(31)13-9-19)21-4-2-16(24)14-20(21)23(30)27-22-5-3-17(25)15-26-22/h2-5,14-15,18-19H,6-13H2,1H3,(H,26,27,30). The van der Waals surface area contributed by atoms with Gasteiger partial charge in [-0.1, -0.05) is 23.2 Å². The van der Waals surface area contributed by atoms with E-state index in [9.17, 15) is 9.00 Å². The highest BCUT2D eigenvalue weighted by Crippen LogP contribution is 2.30. The monoisotopic (exact) mass is 494 g/mol. The molecule has 0 unspecified atom stereocenters. The zero-order chi connectivity index (χ0) is 22.7. The smallest absolute Gasteiger partial charge is 0.258 e. The Balaban J connectivity index is 1.43. The van der Waals surface area contributed by atoms with E-state index >= 15 is 0 Å². The molecule has 2 fully saturated rings. The molecule has 0 saturated carbocycles. The van der Waals surface area contributed by atoms with E-state index in [0.29, 0.717) is 33.5 Å². The summed E-state index contributed by atoms with van der Waals surface area (Å²) in [4.78, 5) is 22.0. The van der Waals surface area contributed by atoms with Gasteiger partial charge in [0, 0.05) is 71.4 Å². The Morgan fingerprint density at radius 1 is 1.09 bits per heavy atom. The number of anilines is 2. The highest BCUT2D eigenvalue weighted by atomic mass is 35.5. The summed E-state index contributed by atoms with van der Waals surface area (Å²) < 4.78 is 11.7. The number of benzene rings is 1. The number of nitrogens with zero attached hydrogens (tertiary/aromatic N) is 3. The Hall–Kier alpha value is -1.67. The van der Waals surface area contributed by atoms with Crippen molar-refractivity contribution in [1.82, 2.24) is 9.88 Å². The molecule has 172 valence electrons. The van der Waals surface area contributed by atoms with Crippen LogP contribution in [0.4, 0.5) is 11.5 Å². The molecule has 1 amide bonds. The van der Waals surface area contributed by atoms with E-state index in [-0.39, 0.29) is 5.91 Å². The minimum Gasteiger partial charge on any atom is -0.371 e. The Kier molecular flexibility index (Phi) is 7.71. The van der Waals surface area contributed by atoms with Gasteiger partial charge in [0.15, 0.2) is 0 Å². The Morgan fingerprint density at radius 2 is 1.78 bits per heavy atom. The number of carbonyl (C=O) groups excluding carboxylic acids is 1. The van der Waals surface area contributed by atoms with Crippen LogP contribution in [0.5, 0.6) is 0 Å². The number of carbonyl (C=O) groups is 1. The topological polar surface area (TPSA) is 65.5 Å². The van der Waals surface area contributed by atoms with Gasteiger partial charge < -0.3 is 15.1 Å². The van der Waals surface area contributed by atoms with E-state index in [0.717, 1.165) is 56.0 Å². The van der Waals surface area contributed by atoms with E-state index in [1.165, 1.54) is 6.20 Å². The van der Waals surface area contributed by atoms with Crippen molar-refractivity contribution < 1.29 is 9.00 Å². The highest BCUT2D eigenvalue weighted by molar-refractivity contribution is 7.85. The first kappa shape index (κ1) is 23.5. The minimum atomic E-state index is -0.624. The van der Waals surface area contributed by atoms with E-state index in [1.807, 2.05) is 19.2 Å². The maximum absolute atomic E-state index is 13.0. The summed E-state index contributed by atoms with van der Waals surface area (Å²) in [6.07, 6.45) is 5.62.